The lowest BCUT2D eigenvalue weighted by atomic mass is 9.43. The van der Waals surface area contributed by atoms with E-state index < -0.39 is 5.97 Å². The first-order valence-electron chi connectivity index (χ1n) is 14.3. The molecule has 2 N–H and O–H groups in total. The maximum atomic E-state index is 12.3. The SMILES string of the molecule is C=C(C)C(=O)OCCOC(=O)CCC(C)[C@H]1CCC2C3CC[C@@H]4C[C@H](O)CC[C@]4(C)C3C[C@H](O)[C@@]21C. The lowest BCUT2D eigenvalue weighted by molar-refractivity contribution is -0.175. The fourth-order valence-electron chi connectivity index (χ4n) is 9.19. The van der Waals surface area contributed by atoms with Crippen molar-refractivity contribution in [3.8, 4) is 0 Å². The Morgan fingerprint density at radius 3 is 2.44 bits per heavy atom. The third-order valence-corrected chi connectivity index (χ3v) is 11.2. The molecule has 0 saturated heterocycles. The molecular formula is C30H48O6. The van der Waals surface area contributed by atoms with E-state index in [0.717, 1.165) is 38.5 Å². The van der Waals surface area contributed by atoms with E-state index in [9.17, 15) is 19.8 Å². The van der Waals surface area contributed by atoms with E-state index in [1.165, 1.54) is 19.3 Å². The highest BCUT2D eigenvalue weighted by Crippen LogP contribution is 2.68. The lowest BCUT2D eigenvalue weighted by Crippen LogP contribution is -2.58. The molecule has 36 heavy (non-hydrogen) atoms. The topological polar surface area (TPSA) is 93.1 Å². The van der Waals surface area contributed by atoms with Crippen LogP contribution >= 0.6 is 0 Å². The van der Waals surface area contributed by atoms with Crippen molar-refractivity contribution in [2.24, 2.45) is 46.3 Å². The minimum atomic E-state index is -0.472. The van der Waals surface area contributed by atoms with Crippen LogP contribution in [0, 0.1) is 46.3 Å². The maximum Gasteiger partial charge on any atom is 0.333 e. The van der Waals surface area contributed by atoms with Crippen LogP contribution < -0.4 is 0 Å². The highest BCUT2D eigenvalue weighted by Gasteiger charge is 2.63. The molecule has 0 bridgehead atoms. The van der Waals surface area contributed by atoms with Crippen LogP contribution in [0.5, 0.6) is 0 Å². The van der Waals surface area contributed by atoms with Crippen molar-refractivity contribution in [2.75, 3.05) is 13.2 Å². The molecule has 0 radical (unpaired) electrons. The van der Waals surface area contributed by atoms with Gasteiger partial charge in [0.15, 0.2) is 0 Å². The summed E-state index contributed by atoms with van der Waals surface area (Å²) in [6.07, 6.45) is 9.18. The molecule has 0 amide bonds. The minimum Gasteiger partial charge on any atom is -0.462 e. The highest BCUT2D eigenvalue weighted by atomic mass is 16.6. The molecule has 204 valence electrons. The second-order valence-electron chi connectivity index (χ2n) is 13.0. The average molecular weight is 505 g/mol. The van der Waals surface area contributed by atoms with Crippen molar-refractivity contribution in [3.05, 3.63) is 12.2 Å². The molecule has 0 aromatic rings. The van der Waals surface area contributed by atoms with Gasteiger partial charge in [0.05, 0.1) is 12.2 Å². The number of hydrogen-bond acceptors (Lipinski definition) is 6. The van der Waals surface area contributed by atoms with Gasteiger partial charge in [0, 0.05) is 12.0 Å². The van der Waals surface area contributed by atoms with Crippen LogP contribution in [0.3, 0.4) is 0 Å². The first-order valence-corrected chi connectivity index (χ1v) is 14.3. The standard InChI is InChI=1S/C30H48O6/c1-18(2)28(34)36-15-14-35-27(33)11-6-19(3)23-9-10-24-22-8-7-20-16-21(31)12-13-29(20,4)25(22)17-26(32)30(23,24)5/h19-26,31-32H,1,6-17H2,2-5H3/t19?,20-,21-,22?,23-,24?,25?,26+,29+,30-/m1/s1. The van der Waals surface area contributed by atoms with E-state index >= 15 is 0 Å². The number of fused-ring (bicyclic) bond motifs is 5. The van der Waals surface area contributed by atoms with Crippen molar-refractivity contribution in [3.63, 3.8) is 0 Å². The molecule has 0 spiro atoms. The molecule has 0 heterocycles. The van der Waals surface area contributed by atoms with Crippen molar-refractivity contribution in [2.45, 2.75) is 104 Å². The second kappa shape index (κ2) is 10.8. The summed E-state index contributed by atoms with van der Waals surface area (Å²) >= 11 is 0. The Kier molecular flexibility index (Phi) is 8.26. The summed E-state index contributed by atoms with van der Waals surface area (Å²) in [4.78, 5) is 23.7. The minimum absolute atomic E-state index is 0.0445. The number of carbonyl (C=O) groups excluding carboxylic acids is 2. The van der Waals surface area contributed by atoms with E-state index in [1.54, 1.807) is 6.92 Å². The first kappa shape index (κ1) is 27.6. The smallest absolute Gasteiger partial charge is 0.333 e. The van der Waals surface area contributed by atoms with Crippen molar-refractivity contribution >= 4 is 11.9 Å². The highest BCUT2D eigenvalue weighted by molar-refractivity contribution is 5.86. The molecule has 4 fully saturated rings. The molecule has 6 nitrogen and oxygen atoms in total. The van der Waals surface area contributed by atoms with Gasteiger partial charge < -0.3 is 19.7 Å². The van der Waals surface area contributed by atoms with Gasteiger partial charge in [-0.2, -0.15) is 0 Å². The summed E-state index contributed by atoms with van der Waals surface area (Å²) in [6, 6.07) is 0. The number of esters is 2. The Hall–Kier alpha value is -1.40. The Bertz CT molecular complexity index is 839. The average Bonchev–Trinajstić information content (AvgIpc) is 3.20. The van der Waals surface area contributed by atoms with Gasteiger partial charge in [-0.15, -0.1) is 0 Å². The Morgan fingerprint density at radius 2 is 1.72 bits per heavy atom. The van der Waals surface area contributed by atoms with Gasteiger partial charge in [-0.3, -0.25) is 4.79 Å². The summed E-state index contributed by atoms with van der Waals surface area (Å²) < 4.78 is 10.2. The van der Waals surface area contributed by atoms with E-state index in [1.807, 2.05) is 0 Å². The van der Waals surface area contributed by atoms with Crippen molar-refractivity contribution in [1.29, 1.82) is 0 Å². The molecule has 4 rings (SSSR count). The normalized spacial score (nSPS) is 42.4. The third-order valence-electron chi connectivity index (χ3n) is 11.2. The van der Waals surface area contributed by atoms with Crippen LogP contribution in [-0.2, 0) is 19.1 Å². The van der Waals surface area contributed by atoms with Crippen LogP contribution in [0.15, 0.2) is 12.2 Å². The number of rotatable bonds is 8. The van der Waals surface area contributed by atoms with E-state index in [4.69, 9.17) is 9.47 Å². The third kappa shape index (κ3) is 5.01. The predicted molar refractivity (Wildman–Crippen MR) is 138 cm³/mol. The van der Waals surface area contributed by atoms with Crippen LogP contribution in [0.25, 0.3) is 0 Å². The molecular weight excluding hydrogens is 456 g/mol. The second-order valence-corrected chi connectivity index (χ2v) is 13.0. The molecule has 4 aliphatic carbocycles. The monoisotopic (exact) mass is 504 g/mol. The van der Waals surface area contributed by atoms with Crippen LogP contribution in [0.2, 0.25) is 0 Å². The number of aliphatic hydroxyl groups is 2. The van der Waals surface area contributed by atoms with E-state index in [0.29, 0.717) is 47.5 Å². The number of aliphatic hydroxyl groups excluding tert-OH is 2. The summed E-state index contributed by atoms with van der Waals surface area (Å²) in [5.74, 6) is 2.35. The predicted octanol–water partition coefficient (Wildman–Crippen LogP) is 5.06. The Labute approximate surface area is 217 Å². The quantitative estimate of drug-likeness (QED) is 0.273. The summed E-state index contributed by atoms with van der Waals surface area (Å²) in [7, 11) is 0. The van der Waals surface area contributed by atoms with E-state index in [2.05, 4.69) is 27.4 Å². The maximum absolute atomic E-state index is 12.3. The van der Waals surface area contributed by atoms with Crippen LogP contribution in [-0.4, -0.2) is 47.6 Å². The molecule has 0 aromatic carbocycles. The van der Waals surface area contributed by atoms with Gasteiger partial charge in [0.25, 0.3) is 0 Å². The molecule has 10 atom stereocenters. The van der Waals surface area contributed by atoms with Gasteiger partial charge >= 0.3 is 11.9 Å². The molecule has 0 aliphatic heterocycles. The number of carbonyl (C=O) groups is 2. The Balaban J connectivity index is 1.33. The van der Waals surface area contributed by atoms with Crippen molar-refractivity contribution < 1.29 is 29.3 Å². The molecule has 6 heteroatoms. The van der Waals surface area contributed by atoms with Gasteiger partial charge in [-0.05, 0) is 111 Å². The van der Waals surface area contributed by atoms with Crippen LogP contribution in [0.1, 0.15) is 91.9 Å². The zero-order valence-corrected chi connectivity index (χ0v) is 22.8. The summed E-state index contributed by atoms with van der Waals surface area (Å²) in [5.41, 5.74) is 0.476. The summed E-state index contributed by atoms with van der Waals surface area (Å²) in [6.45, 7) is 12.2. The van der Waals surface area contributed by atoms with Crippen LogP contribution in [0.4, 0.5) is 0 Å². The molecule has 0 aromatic heterocycles. The summed E-state index contributed by atoms with van der Waals surface area (Å²) in [5, 5.41) is 22.0. The Morgan fingerprint density at radius 1 is 1.00 bits per heavy atom. The fraction of sp³-hybridized carbons (Fsp3) is 0.867. The van der Waals surface area contributed by atoms with Gasteiger partial charge in [0.2, 0.25) is 0 Å². The van der Waals surface area contributed by atoms with Gasteiger partial charge in [-0.1, -0.05) is 27.4 Å². The van der Waals surface area contributed by atoms with Gasteiger partial charge in [-0.25, -0.2) is 4.79 Å². The zero-order chi connectivity index (χ0) is 26.3. The largest absolute Gasteiger partial charge is 0.462 e. The number of hydrogen-bond donors (Lipinski definition) is 2. The zero-order valence-electron chi connectivity index (χ0n) is 22.8. The van der Waals surface area contributed by atoms with Crippen molar-refractivity contribution in [1.82, 2.24) is 0 Å². The van der Waals surface area contributed by atoms with E-state index in [-0.39, 0.29) is 42.2 Å². The first-order chi connectivity index (χ1) is 17.0. The lowest BCUT2D eigenvalue weighted by Gasteiger charge is -2.62. The molecule has 4 aliphatic rings. The molecule has 4 saturated carbocycles. The van der Waals surface area contributed by atoms with Gasteiger partial charge in [0.1, 0.15) is 13.2 Å². The molecule has 4 unspecified atom stereocenters. The number of ether oxygens (including phenoxy) is 2. The fourth-order valence-corrected chi connectivity index (χ4v) is 9.19.